The molecule has 4 rings (SSSR count). The molecule has 0 unspecified atom stereocenters. The molecule has 1 aliphatic rings. The van der Waals surface area contributed by atoms with Crippen molar-refractivity contribution in [3.63, 3.8) is 0 Å². The molecule has 0 radical (unpaired) electrons. The number of rotatable bonds is 5. The van der Waals surface area contributed by atoms with Gasteiger partial charge in [0.1, 0.15) is 0 Å². The number of hydrogen-bond acceptors (Lipinski definition) is 5. The molecule has 10 heteroatoms. The molecule has 2 heterocycles. The quantitative estimate of drug-likeness (QED) is 0.651. The summed E-state index contributed by atoms with van der Waals surface area (Å²) in [6.45, 7) is 1.74. The zero-order valence-electron chi connectivity index (χ0n) is 15.3. The predicted octanol–water partition coefficient (Wildman–Crippen LogP) is 4.04. The van der Waals surface area contributed by atoms with E-state index in [-0.39, 0.29) is 35.3 Å². The van der Waals surface area contributed by atoms with E-state index in [1.807, 2.05) is 0 Å². The minimum atomic E-state index is -4.61. The smallest absolute Gasteiger partial charge is 0.379 e. The molecule has 1 amide bonds. The molecule has 1 aliphatic carbocycles. The van der Waals surface area contributed by atoms with Gasteiger partial charge >= 0.3 is 6.18 Å². The van der Waals surface area contributed by atoms with Crippen molar-refractivity contribution in [1.82, 2.24) is 9.38 Å². The highest BCUT2D eigenvalue weighted by molar-refractivity contribution is 7.15. The number of hydrogen-bond donors (Lipinski definition) is 2. The first-order valence-corrected chi connectivity index (χ1v) is 9.83. The number of thiazole rings is 1. The van der Waals surface area contributed by atoms with Gasteiger partial charge < -0.3 is 10.6 Å². The molecular weight excluding hydrogens is 405 g/mol. The number of nitrogens with one attached hydrogen (secondary N) is 2. The first-order valence-electron chi connectivity index (χ1n) is 8.95. The molecule has 0 aliphatic heterocycles. The number of aryl methyl sites for hydroxylation is 1. The van der Waals surface area contributed by atoms with Crippen molar-refractivity contribution in [2.45, 2.75) is 32.5 Å². The maximum absolute atomic E-state index is 13.5. The van der Waals surface area contributed by atoms with Gasteiger partial charge in [-0.3, -0.25) is 14.0 Å². The van der Waals surface area contributed by atoms with Gasteiger partial charge in [0.2, 0.25) is 5.91 Å². The molecule has 2 aromatic heterocycles. The third-order valence-corrected chi connectivity index (χ3v) is 5.57. The largest absolute Gasteiger partial charge is 0.418 e. The Hall–Kier alpha value is -2.88. The van der Waals surface area contributed by atoms with Crippen LogP contribution in [0.2, 0.25) is 0 Å². The van der Waals surface area contributed by atoms with E-state index < -0.39 is 11.7 Å². The monoisotopic (exact) mass is 422 g/mol. The molecule has 1 fully saturated rings. The van der Waals surface area contributed by atoms with Crippen LogP contribution in [-0.4, -0.2) is 15.3 Å². The summed E-state index contributed by atoms with van der Waals surface area (Å²) in [5.41, 5.74) is -0.116. The summed E-state index contributed by atoms with van der Waals surface area (Å²) in [6, 6.07) is 4.91. The Kier molecular flexibility index (Phi) is 4.81. The summed E-state index contributed by atoms with van der Waals surface area (Å²) in [7, 11) is 0. The Bertz CT molecular complexity index is 1150. The Morgan fingerprint density at radius 2 is 2.07 bits per heavy atom. The van der Waals surface area contributed by atoms with E-state index in [9.17, 15) is 22.8 Å². The zero-order valence-corrected chi connectivity index (χ0v) is 16.2. The molecule has 0 saturated heterocycles. The van der Waals surface area contributed by atoms with E-state index in [1.54, 1.807) is 12.3 Å². The van der Waals surface area contributed by atoms with Crippen LogP contribution in [-0.2, 0) is 17.5 Å². The van der Waals surface area contributed by atoms with Gasteiger partial charge in [-0.15, -0.1) is 11.3 Å². The van der Waals surface area contributed by atoms with E-state index in [1.165, 1.54) is 33.9 Å². The SMILES string of the molecule is Cc1csc2nc(CNc3ccc(NC(=O)C4CC4)cc3C(F)(F)F)cc(=O)n12. The van der Waals surface area contributed by atoms with Gasteiger partial charge in [-0.25, -0.2) is 4.98 Å². The topological polar surface area (TPSA) is 75.5 Å². The van der Waals surface area contributed by atoms with Gasteiger partial charge in [0.05, 0.1) is 17.8 Å². The summed E-state index contributed by atoms with van der Waals surface area (Å²) >= 11 is 1.29. The normalized spacial score (nSPS) is 14.2. The van der Waals surface area contributed by atoms with Crippen LogP contribution in [0.15, 0.2) is 34.4 Å². The van der Waals surface area contributed by atoms with Crippen molar-refractivity contribution in [2.24, 2.45) is 5.92 Å². The lowest BCUT2D eigenvalue weighted by Gasteiger charge is -2.16. The molecule has 3 aromatic rings. The van der Waals surface area contributed by atoms with Gasteiger partial charge in [-0.1, -0.05) is 0 Å². The summed E-state index contributed by atoms with van der Waals surface area (Å²) < 4.78 is 42.0. The predicted molar refractivity (Wildman–Crippen MR) is 104 cm³/mol. The molecule has 6 nitrogen and oxygen atoms in total. The standard InChI is InChI=1S/C19H17F3N4O2S/c1-10-9-29-18-25-13(7-16(27)26(10)18)8-23-15-5-4-12(6-14(15)19(20,21)22)24-17(28)11-2-3-11/h4-7,9,11,23H,2-3,8H2,1H3,(H,24,28). The van der Waals surface area contributed by atoms with Gasteiger partial charge in [-0.05, 0) is 38.0 Å². The van der Waals surface area contributed by atoms with Crippen molar-refractivity contribution in [2.75, 3.05) is 10.6 Å². The average molecular weight is 422 g/mol. The summed E-state index contributed by atoms with van der Waals surface area (Å²) in [6.07, 6.45) is -3.08. The van der Waals surface area contributed by atoms with Crippen molar-refractivity contribution in [3.05, 3.63) is 57.0 Å². The van der Waals surface area contributed by atoms with Crippen LogP contribution in [0.3, 0.4) is 0 Å². The second kappa shape index (κ2) is 7.18. The van der Waals surface area contributed by atoms with Gasteiger partial charge in [-0.2, -0.15) is 13.2 Å². The Morgan fingerprint density at radius 3 is 2.76 bits per heavy atom. The van der Waals surface area contributed by atoms with Gasteiger partial charge in [0.25, 0.3) is 5.56 Å². The summed E-state index contributed by atoms with van der Waals surface area (Å²) in [5.74, 6) is -0.369. The number of halogens is 3. The third-order valence-electron chi connectivity index (χ3n) is 4.63. The van der Waals surface area contributed by atoms with Crippen molar-refractivity contribution in [3.8, 4) is 0 Å². The van der Waals surface area contributed by atoms with Crippen LogP contribution in [0.1, 0.15) is 29.8 Å². The number of anilines is 2. The summed E-state index contributed by atoms with van der Waals surface area (Å²) in [4.78, 5) is 28.8. The van der Waals surface area contributed by atoms with Crippen LogP contribution < -0.4 is 16.2 Å². The lowest BCUT2D eigenvalue weighted by molar-refractivity contribution is -0.137. The zero-order chi connectivity index (χ0) is 20.8. The van der Waals surface area contributed by atoms with Gasteiger partial charge in [0.15, 0.2) is 4.96 Å². The van der Waals surface area contributed by atoms with Gasteiger partial charge in [0, 0.05) is 34.4 Å². The van der Waals surface area contributed by atoms with Crippen molar-refractivity contribution < 1.29 is 18.0 Å². The lowest BCUT2D eigenvalue weighted by Crippen LogP contribution is -2.18. The Balaban J connectivity index is 1.57. The molecule has 0 atom stereocenters. The number of amides is 1. The number of carbonyl (C=O) groups excluding carboxylic acids is 1. The number of carbonyl (C=O) groups is 1. The number of aromatic nitrogens is 2. The molecule has 2 N–H and O–H groups in total. The molecule has 152 valence electrons. The first kappa shape index (κ1) is 19.4. The number of benzene rings is 1. The van der Waals surface area contributed by atoms with Crippen molar-refractivity contribution >= 4 is 33.6 Å². The van der Waals surface area contributed by atoms with E-state index >= 15 is 0 Å². The molecule has 0 bridgehead atoms. The Labute approximate surface area is 167 Å². The minimum Gasteiger partial charge on any atom is -0.379 e. The van der Waals surface area contributed by atoms with Crippen LogP contribution in [0.5, 0.6) is 0 Å². The van der Waals surface area contributed by atoms with Crippen molar-refractivity contribution in [1.29, 1.82) is 0 Å². The molecular formula is C19H17F3N4O2S. The fourth-order valence-electron chi connectivity index (χ4n) is 2.98. The summed E-state index contributed by atoms with van der Waals surface area (Å²) in [5, 5.41) is 7.03. The highest BCUT2D eigenvalue weighted by Gasteiger charge is 2.35. The fraction of sp³-hybridized carbons (Fsp3) is 0.316. The highest BCUT2D eigenvalue weighted by atomic mass is 32.1. The third kappa shape index (κ3) is 4.12. The van der Waals surface area contributed by atoms with E-state index in [4.69, 9.17) is 0 Å². The number of alkyl halides is 3. The minimum absolute atomic E-state index is 0.0421. The number of nitrogens with zero attached hydrogens (tertiary/aromatic N) is 2. The maximum Gasteiger partial charge on any atom is 0.418 e. The molecule has 1 aromatic carbocycles. The van der Waals surface area contributed by atoms with Crippen LogP contribution in [0, 0.1) is 12.8 Å². The highest BCUT2D eigenvalue weighted by Crippen LogP contribution is 2.37. The second-order valence-electron chi connectivity index (χ2n) is 6.96. The molecule has 1 saturated carbocycles. The molecule has 29 heavy (non-hydrogen) atoms. The average Bonchev–Trinajstić information content (AvgIpc) is 3.43. The van der Waals surface area contributed by atoms with Crippen LogP contribution >= 0.6 is 11.3 Å². The second-order valence-corrected chi connectivity index (χ2v) is 7.79. The van der Waals surface area contributed by atoms with E-state index in [2.05, 4.69) is 15.6 Å². The van der Waals surface area contributed by atoms with E-state index in [0.717, 1.165) is 24.6 Å². The maximum atomic E-state index is 13.5. The first-order chi connectivity index (χ1) is 13.7. The lowest BCUT2D eigenvalue weighted by atomic mass is 10.1. The van der Waals surface area contributed by atoms with Crippen LogP contribution in [0.25, 0.3) is 4.96 Å². The van der Waals surface area contributed by atoms with E-state index in [0.29, 0.717) is 10.7 Å². The number of fused-ring (bicyclic) bond motifs is 1. The molecule has 0 spiro atoms. The fourth-order valence-corrected chi connectivity index (χ4v) is 3.87. The van der Waals surface area contributed by atoms with Crippen LogP contribution in [0.4, 0.5) is 24.5 Å². The Morgan fingerprint density at radius 1 is 1.31 bits per heavy atom.